The number of carboxylic acids is 1. The molecule has 1 fully saturated rings. The van der Waals surface area contributed by atoms with Gasteiger partial charge in [-0.15, -0.1) is 0 Å². The molecule has 3 aromatic carbocycles. The topological polar surface area (TPSA) is 116 Å². The summed E-state index contributed by atoms with van der Waals surface area (Å²) in [5.74, 6) is -2.12. The van der Waals surface area contributed by atoms with Crippen molar-refractivity contribution >= 4 is 29.6 Å². The van der Waals surface area contributed by atoms with Gasteiger partial charge in [0.05, 0.1) is 17.3 Å². The highest BCUT2D eigenvalue weighted by molar-refractivity contribution is 6.12. The summed E-state index contributed by atoms with van der Waals surface area (Å²) in [6.45, 7) is -0.288. The van der Waals surface area contributed by atoms with Crippen LogP contribution in [0, 0.1) is 0 Å². The van der Waals surface area contributed by atoms with Crippen LogP contribution in [0.1, 0.15) is 33.8 Å². The van der Waals surface area contributed by atoms with Crippen molar-refractivity contribution in [2.24, 2.45) is 0 Å². The number of para-hydroxylation sites is 1. The van der Waals surface area contributed by atoms with E-state index in [0.717, 1.165) is 27.2 Å². The molecule has 38 heavy (non-hydrogen) atoms. The Labute approximate surface area is 218 Å². The maximum Gasteiger partial charge on any atom is 0.407 e. The second kappa shape index (κ2) is 9.33. The molecular weight excluding hydrogens is 486 g/mol. The summed E-state index contributed by atoms with van der Waals surface area (Å²) < 4.78 is 5.64. The Morgan fingerprint density at radius 3 is 2.16 bits per heavy atom. The number of amides is 3. The van der Waals surface area contributed by atoms with Crippen LogP contribution in [0.2, 0.25) is 0 Å². The van der Waals surface area contributed by atoms with E-state index >= 15 is 0 Å². The van der Waals surface area contributed by atoms with Crippen LogP contribution < -0.4 is 10.2 Å². The van der Waals surface area contributed by atoms with Crippen molar-refractivity contribution in [3.05, 3.63) is 89.5 Å². The summed E-state index contributed by atoms with van der Waals surface area (Å²) in [4.78, 5) is 53.5. The fraction of sp³-hybridized carbons (Fsp3) is 0.241. The zero-order valence-electron chi connectivity index (χ0n) is 20.4. The van der Waals surface area contributed by atoms with E-state index < -0.39 is 36.6 Å². The first kappa shape index (κ1) is 23.7. The molecule has 0 spiro atoms. The third-order valence-corrected chi connectivity index (χ3v) is 7.50. The normalized spacial score (nSPS) is 19.8. The average molecular weight is 512 g/mol. The summed E-state index contributed by atoms with van der Waals surface area (Å²) in [6, 6.07) is 21.2. The Hall–Kier alpha value is -4.66. The molecule has 1 saturated heterocycles. The van der Waals surface area contributed by atoms with Gasteiger partial charge in [-0.2, -0.15) is 0 Å². The molecule has 0 unspecified atom stereocenters. The predicted octanol–water partition coefficient (Wildman–Crippen LogP) is 3.24. The molecule has 9 heteroatoms. The highest BCUT2D eigenvalue weighted by Gasteiger charge is 2.46. The highest BCUT2D eigenvalue weighted by atomic mass is 16.5. The Balaban J connectivity index is 1.16. The van der Waals surface area contributed by atoms with Crippen molar-refractivity contribution in [3.8, 4) is 11.1 Å². The first-order valence-electron chi connectivity index (χ1n) is 12.5. The lowest BCUT2D eigenvalue weighted by atomic mass is 9.98. The molecule has 3 aromatic rings. The lowest BCUT2D eigenvalue weighted by molar-refractivity contribution is -0.137. The standard InChI is InChI=1S/C29H25N3O6/c33-26(34)15-32-24-12-6-5-11-22(24)27(35)31-14-17(13-25(31)28(32)36)30-29(37)38-16-23-20-9-3-1-7-18(20)19-8-2-4-10-21(19)23/h1-12,17,23,25H,13-16H2,(H,30,37)(H,33,34)/t17-,25-/m1/s1. The number of benzene rings is 3. The van der Waals surface area contributed by atoms with E-state index in [2.05, 4.69) is 17.4 Å². The van der Waals surface area contributed by atoms with Crippen molar-refractivity contribution in [2.75, 3.05) is 24.6 Å². The van der Waals surface area contributed by atoms with Gasteiger partial charge < -0.3 is 20.1 Å². The van der Waals surface area contributed by atoms with Gasteiger partial charge in [-0.05, 0) is 40.8 Å². The van der Waals surface area contributed by atoms with Gasteiger partial charge in [0.15, 0.2) is 0 Å². The van der Waals surface area contributed by atoms with Crippen LogP contribution in [-0.2, 0) is 14.3 Å². The number of aliphatic carboxylic acids is 1. The van der Waals surface area contributed by atoms with E-state index in [1.807, 2.05) is 36.4 Å². The maximum absolute atomic E-state index is 13.4. The van der Waals surface area contributed by atoms with Crippen molar-refractivity contribution in [2.45, 2.75) is 24.4 Å². The molecule has 2 aliphatic heterocycles. The van der Waals surface area contributed by atoms with E-state index in [1.165, 1.54) is 4.90 Å². The van der Waals surface area contributed by atoms with E-state index in [-0.39, 0.29) is 42.6 Å². The Morgan fingerprint density at radius 2 is 1.50 bits per heavy atom. The number of rotatable bonds is 5. The first-order chi connectivity index (χ1) is 18.4. The molecule has 0 bridgehead atoms. The Kier molecular flexibility index (Phi) is 5.83. The number of alkyl carbamates (subject to hydrolysis) is 1. The van der Waals surface area contributed by atoms with Crippen molar-refractivity contribution in [1.29, 1.82) is 0 Å². The van der Waals surface area contributed by atoms with E-state index in [4.69, 9.17) is 4.74 Å². The molecule has 6 rings (SSSR count). The molecule has 3 aliphatic rings. The van der Waals surface area contributed by atoms with Gasteiger partial charge in [-0.1, -0.05) is 60.7 Å². The summed E-state index contributed by atoms with van der Waals surface area (Å²) in [5, 5.41) is 12.2. The summed E-state index contributed by atoms with van der Waals surface area (Å²) >= 11 is 0. The second-order valence-electron chi connectivity index (χ2n) is 9.71. The fourth-order valence-corrected chi connectivity index (χ4v) is 5.85. The van der Waals surface area contributed by atoms with Gasteiger partial charge >= 0.3 is 12.1 Å². The molecular formula is C29H25N3O6. The van der Waals surface area contributed by atoms with Crippen LogP contribution in [0.15, 0.2) is 72.8 Å². The smallest absolute Gasteiger partial charge is 0.407 e. The minimum atomic E-state index is -1.18. The number of ether oxygens (including phenoxy) is 1. The van der Waals surface area contributed by atoms with Crippen LogP contribution >= 0.6 is 0 Å². The number of nitrogens with one attached hydrogen (secondary N) is 1. The number of carbonyl (C=O) groups is 4. The number of hydrogen-bond acceptors (Lipinski definition) is 5. The molecule has 0 saturated carbocycles. The zero-order valence-corrected chi connectivity index (χ0v) is 20.4. The zero-order chi connectivity index (χ0) is 26.4. The Morgan fingerprint density at radius 1 is 0.895 bits per heavy atom. The first-order valence-corrected chi connectivity index (χ1v) is 12.5. The number of carbonyl (C=O) groups excluding carboxylic acids is 3. The lowest BCUT2D eigenvalue weighted by Gasteiger charge is -2.24. The van der Waals surface area contributed by atoms with Crippen LogP contribution in [0.25, 0.3) is 11.1 Å². The number of carboxylic acid groups (broad SMARTS) is 1. The third kappa shape index (κ3) is 3.96. The quantitative estimate of drug-likeness (QED) is 0.543. The molecule has 3 amide bonds. The molecule has 1 aliphatic carbocycles. The van der Waals surface area contributed by atoms with Gasteiger partial charge in [0, 0.05) is 12.5 Å². The minimum absolute atomic E-state index is 0.0872. The van der Waals surface area contributed by atoms with Gasteiger partial charge in [-0.3, -0.25) is 19.3 Å². The number of fused-ring (bicyclic) bond motifs is 5. The van der Waals surface area contributed by atoms with Gasteiger partial charge in [0.1, 0.15) is 19.2 Å². The molecule has 2 heterocycles. The predicted molar refractivity (Wildman–Crippen MR) is 138 cm³/mol. The monoisotopic (exact) mass is 511 g/mol. The second-order valence-corrected chi connectivity index (χ2v) is 9.71. The van der Waals surface area contributed by atoms with Crippen molar-refractivity contribution < 1.29 is 29.0 Å². The largest absolute Gasteiger partial charge is 0.480 e. The molecule has 2 N–H and O–H groups in total. The Bertz CT molecular complexity index is 1420. The van der Waals surface area contributed by atoms with Crippen LogP contribution in [0.4, 0.5) is 10.5 Å². The van der Waals surface area contributed by atoms with Gasteiger partial charge in [0.2, 0.25) is 5.91 Å². The molecule has 192 valence electrons. The average Bonchev–Trinajstić information content (AvgIpc) is 3.47. The maximum atomic E-state index is 13.4. The third-order valence-electron chi connectivity index (χ3n) is 7.50. The van der Waals surface area contributed by atoms with Crippen LogP contribution in [0.5, 0.6) is 0 Å². The van der Waals surface area contributed by atoms with Crippen LogP contribution in [-0.4, -0.2) is 65.7 Å². The molecule has 9 nitrogen and oxygen atoms in total. The van der Waals surface area contributed by atoms with Gasteiger partial charge in [0.25, 0.3) is 5.91 Å². The summed E-state index contributed by atoms with van der Waals surface area (Å²) in [5.41, 5.74) is 4.99. The van der Waals surface area contributed by atoms with Crippen molar-refractivity contribution in [3.63, 3.8) is 0 Å². The van der Waals surface area contributed by atoms with E-state index in [1.54, 1.807) is 24.3 Å². The number of anilines is 1. The molecule has 2 atom stereocenters. The summed E-state index contributed by atoms with van der Waals surface area (Å²) in [6.07, 6.45) is -0.462. The summed E-state index contributed by atoms with van der Waals surface area (Å²) in [7, 11) is 0. The number of hydrogen-bond donors (Lipinski definition) is 2. The fourth-order valence-electron chi connectivity index (χ4n) is 5.85. The van der Waals surface area contributed by atoms with E-state index in [9.17, 15) is 24.3 Å². The number of nitrogens with zero attached hydrogens (tertiary/aromatic N) is 2. The highest BCUT2D eigenvalue weighted by Crippen LogP contribution is 2.44. The molecule has 0 aromatic heterocycles. The van der Waals surface area contributed by atoms with Crippen molar-refractivity contribution in [1.82, 2.24) is 10.2 Å². The lowest BCUT2D eigenvalue weighted by Crippen LogP contribution is -2.46. The van der Waals surface area contributed by atoms with Gasteiger partial charge in [-0.25, -0.2) is 4.79 Å². The molecule has 0 radical (unpaired) electrons. The SMILES string of the molecule is O=C(O)CN1C(=O)[C@H]2C[C@@H](NC(=O)OCC3c4ccccc4-c4ccccc43)CN2C(=O)c2ccccc21. The van der Waals surface area contributed by atoms with Crippen LogP contribution in [0.3, 0.4) is 0 Å². The minimum Gasteiger partial charge on any atom is -0.480 e. The van der Waals surface area contributed by atoms with E-state index in [0.29, 0.717) is 0 Å².